The summed E-state index contributed by atoms with van der Waals surface area (Å²) in [5, 5.41) is 3.46. The second-order valence-electron chi connectivity index (χ2n) is 4.48. The van der Waals surface area contributed by atoms with E-state index in [-0.39, 0.29) is 6.04 Å². The second-order valence-corrected chi connectivity index (χ2v) is 5.40. The van der Waals surface area contributed by atoms with E-state index in [0.29, 0.717) is 0 Å². The summed E-state index contributed by atoms with van der Waals surface area (Å²) >= 11 is 3.43. The lowest BCUT2D eigenvalue weighted by Crippen LogP contribution is -2.08. The van der Waals surface area contributed by atoms with Crippen molar-refractivity contribution in [2.45, 2.75) is 13.0 Å². The van der Waals surface area contributed by atoms with Gasteiger partial charge in [0.25, 0.3) is 0 Å². The normalized spacial score (nSPS) is 11.8. The van der Waals surface area contributed by atoms with Crippen LogP contribution in [0.5, 0.6) is 11.5 Å². The van der Waals surface area contributed by atoms with Crippen molar-refractivity contribution in [1.29, 1.82) is 0 Å². The van der Waals surface area contributed by atoms with E-state index in [1.54, 1.807) is 14.2 Å². The highest BCUT2D eigenvalue weighted by Gasteiger charge is 2.12. The van der Waals surface area contributed by atoms with Crippen LogP contribution in [0.1, 0.15) is 18.5 Å². The highest BCUT2D eigenvalue weighted by atomic mass is 79.9. The maximum atomic E-state index is 5.44. The lowest BCUT2D eigenvalue weighted by atomic mass is 10.1. The van der Waals surface area contributed by atoms with Gasteiger partial charge >= 0.3 is 0 Å². The van der Waals surface area contributed by atoms with Crippen molar-refractivity contribution in [3.05, 3.63) is 52.5 Å². The average molecular weight is 336 g/mol. The van der Waals surface area contributed by atoms with Crippen molar-refractivity contribution in [2.24, 2.45) is 0 Å². The molecule has 0 bridgehead atoms. The first-order chi connectivity index (χ1) is 9.63. The average Bonchev–Trinajstić information content (AvgIpc) is 2.48. The van der Waals surface area contributed by atoms with Gasteiger partial charge in [0.2, 0.25) is 0 Å². The number of methoxy groups -OCH3 is 2. The summed E-state index contributed by atoms with van der Waals surface area (Å²) in [4.78, 5) is 0. The van der Waals surface area contributed by atoms with E-state index in [2.05, 4.69) is 28.2 Å². The van der Waals surface area contributed by atoms with E-state index in [4.69, 9.17) is 9.47 Å². The highest BCUT2D eigenvalue weighted by molar-refractivity contribution is 9.10. The van der Waals surface area contributed by atoms with Crippen LogP contribution in [0.15, 0.2) is 46.9 Å². The Kier molecular flexibility index (Phi) is 4.90. The molecule has 1 atom stereocenters. The molecule has 1 N–H and O–H groups in total. The first kappa shape index (κ1) is 14.7. The molecule has 0 fully saturated rings. The van der Waals surface area contributed by atoms with Crippen LogP contribution in [0.3, 0.4) is 0 Å². The Bertz CT molecular complexity index is 569. The molecule has 0 saturated carbocycles. The number of benzene rings is 2. The Balaban J connectivity index is 2.20. The summed E-state index contributed by atoms with van der Waals surface area (Å²) in [5.74, 6) is 1.61. The van der Waals surface area contributed by atoms with Crippen LogP contribution in [0, 0.1) is 0 Å². The summed E-state index contributed by atoms with van der Waals surface area (Å²) in [6.07, 6.45) is 0. The van der Waals surface area contributed by atoms with E-state index in [1.807, 2.05) is 42.5 Å². The Morgan fingerprint density at radius 3 is 2.30 bits per heavy atom. The van der Waals surface area contributed by atoms with Gasteiger partial charge in [0, 0.05) is 21.8 Å². The number of hydrogen-bond acceptors (Lipinski definition) is 3. The SMILES string of the molecule is COc1ccc(C(C)Nc2ccc(Br)cc2)c(OC)c1. The molecule has 0 heterocycles. The van der Waals surface area contributed by atoms with Gasteiger partial charge in [0.15, 0.2) is 0 Å². The Hall–Kier alpha value is -1.68. The molecule has 0 aliphatic carbocycles. The third-order valence-corrected chi connectivity index (χ3v) is 3.66. The van der Waals surface area contributed by atoms with E-state index in [0.717, 1.165) is 27.2 Å². The molecule has 20 heavy (non-hydrogen) atoms. The Morgan fingerprint density at radius 1 is 1.00 bits per heavy atom. The van der Waals surface area contributed by atoms with Crippen molar-refractivity contribution < 1.29 is 9.47 Å². The fourth-order valence-corrected chi connectivity index (χ4v) is 2.31. The van der Waals surface area contributed by atoms with Gasteiger partial charge in [-0.25, -0.2) is 0 Å². The van der Waals surface area contributed by atoms with Gasteiger partial charge in [-0.1, -0.05) is 15.9 Å². The van der Waals surface area contributed by atoms with E-state index < -0.39 is 0 Å². The molecule has 0 aliphatic heterocycles. The van der Waals surface area contributed by atoms with Crippen molar-refractivity contribution in [2.75, 3.05) is 19.5 Å². The van der Waals surface area contributed by atoms with Crippen LogP contribution in [-0.2, 0) is 0 Å². The predicted molar refractivity (Wildman–Crippen MR) is 85.7 cm³/mol. The van der Waals surface area contributed by atoms with Crippen LogP contribution in [-0.4, -0.2) is 14.2 Å². The largest absolute Gasteiger partial charge is 0.497 e. The molecule has 3 nitrogen and oxygen atoms in total. The van der Waals surface area contributed by atoms with Gasteiger partial charge in [-0.15, -0.1) is 0 Å². The first-order valence-corrected chi connectivity index (χ1v) is 7.17. The highest BCUT2D eigenvalue weighted by Crippen LogP contribution is 2.31. The van der Waals surface area contributed by atoms with Gasteiger partial charge < -0.3 is 14.8 Å². The molecule has 1 unspecified atom stereocenters. The zero-order valence-electron chi connectivity index (χ0n) is 11.8. The first-order valence-electron chi connectivity index (χ1n) is 6.38. The predicted octanol–water partition coefficient (Wildman–Crippen LogP) is 4.64. The molecule has 4 heteroatoms. The molecule has 0 saturated heterocycles. The molecule has 0 aromatic heterocycles. The van der Waals surface area contributed by atoms with E-state index in [1.165, 1.54) is 0 Å². The lowest BCUT2D eigenvalue weighted by molar-refractivity contribution is 0.390. The van der Waals surface area contributed by atoms with Crippen molar-refractivity contribution in [3.63, 3.8) is 0 Å². The summed E-state index contributed by atoms with van der Waals surface area (Å²) in [6.45, 7) is 2.10. The van der Waals surface area contributed by atoms with Crippen LogP contribution >= 0.6 is 15.9 Å². The maximum absolute atomic E-state index is 5.44. The molecule has 2 rings (SSSR count). The molecule has 2 aromatic rings. The van der Waals surface area contributed by atoms with Gasteiger partial charge in [-0.3, -0.25) is 0 Å². The third kappa shape index (κ3) is 3.45. The molecule has 0 spiro atoms. The fourth-order valence-electron chi connectivity index (χ4n) is 2.05. The number of halogens is 1. The van der Waals surface area contributed by atoms with Gasteiger partial charge in [-0.05, 0) is 43.3 Å². The smallest absolute Gasteiger partial charge is 0.127 e. The fraction of sp³-hybridized carbons (Fsp3) is 0.250. The number of anilines is 1. The van der Waals surface area contributed by atoms with Gasteiger partial charge in [-0.2, -0.15) is 0 Å². The quantitative estimate of drug-likeness (QED) is 0.863. The van der Waals surface area contributed by atoms with Gasteiger partial charge in [0.1, 0.15) is 11.5 Å². The zero-order chi connectivity index (χ0) is 14.5. The second kappa shape index (κ2) is 6.66. The molecule has 0 radical (unpaired) electrons. The van der Waals surface area contributed by atoms with Crippen molar-refractivity contribution in [1.82, 2.24) is 0 Å². The monoisotopic (exact) mass is 335 g/mol. The number of ether oxygens (including phenoxy) is 2. The van der Waals surface area contributed by atoms with Crippen LogP contribution in [0.25, 0.3) is 0 Å². The summed E-state index contributed by atoms with van der Waals surface area (Å²) < 4.78 is 11.7. The molecule has 0 amide bonds. The minimum absolute atomic E-state index is 0.136. The van der Waals surface area contributed by atoms with Crippen molar-refractivity contribution >= 4 is 21.6 Å². The number of nitrogens with one attached hydrogen (secondary N) is 1. The summed E-state index contributed by atoms with van der Waals surface area (Å²) in [6, 6.07) is 14.1. The minimum atomic E-state index is 0.136. The standard InChI is InChI=1S/C16H18BrNO2/c1-11(18-13-6-4-12(17)5-7-13)15-9-8-14(19-2)10-16(15)20-3/h4-11,18H,1-3H3. The van der Waals surface area contributed by atoms with Crippen LogP contribution < -0.4 is 14.8 Å². The van der Waals surface area contributed by atoms with E-state index >= 15 is 0 Å². The number of hydrogen-bond donors (Lipinski definition) is 1. The van der Waals surface area contributed by atoms with Crippen LogP contribution in [0.4, 0.5) is 5.69 Å². The molecule has 0 aliphatic rings. The Morgan fingerprint density at radius 2 is 1.70 bits per heavy atom. The molecular weight excluding hydrogens is 318 g/mol. The third-order valence-electron chi connectivity index (χ3n) is 3.13. The van der Waals surface area contributed by atoms with Crippen LogP contribution in [0.2, 0.25) is 0 Å². The van der Waals surface area contributed by atoms with Gasteiger partial charge in [0.05, 0.1) is 20.3 Å². The summed E-state index contributed by atoms with van der Waals surface area (Å²) in [7, 11) is 3.32. The zero-order valence-corrected chi connectivity index (χ0v) is 13.4. The summed E-state index contributed by atoms with van der Waals surface area (Å²) in [5.41, 5.74) is 2.16. The maximum Gasteiger partial charge on any atom is 0.127 e. The Labute approximate surface area is 128 Å². The van der Waals surface area contributed by atoms with Crippen molar-refractivity contribution in [3.8, 4) is 11.5 Å². The molecular formula is C16H18BrNO2. The molecule has 2 aromatic carbocycles. The lowest BCUT2D eigenvalue weighted by Gasteiger charge is -2.19. The topological polar surface area (TPSA) is 30.5 Å². The number of rotatable bonds is 5. The van der Waals surface area contributed by atoms with E-state index in [9.17, 15) is 0 Å². The minimum Gasteiger partial charge on any atom is -0.497 e. The molecule has 106 valence electrons.